The van der Waals surface area contributed by atoms with E-state index in [0.29, 0.717) is 11.3 Å². The predicted molar refractivity (Wildman–Crippen MR) is 115 cm³/mol. The van der Waals surface area contributed by atoms with Crippen molar-refractivity contribution in [1.82, 2.24) is 14.8 Å². The minimum Gasteiger partial charge on any atom is -0.362 e. The summed E-state index contributed by atoms with van der Waals surface area (Å²) in [7, 11) is 0. The minimum absolute atomic E-state index is 0.108. The number of hydrogen-bond acceptors (Lipinski definition) is 3. The number of pyridine rings is 1. The van der Waals surface area contributed by atoms with E-state index in [1.165, 1.54) is 18.1 Å². The Kier molecular flexibility index (Phi) is 5.59. The molecular weight excluding hydrogens is 362 g/mol. The van der Waals surface area contributed by atoms with Crippen LogP contribution in [0.1, 0.15) is 53.0 Å². The number of aryl methyl sites for hydroxylation is 2. The normalized spacial score (nSPS) is 22.8. The summed E-state index contributed by atoms with van der Waals surface area (Å²) < 4.78 is 0. The number of likely N-dealkylation sites (tertiary alicyclic amines) is 2. The Morgan fingerprint density at radius 1 is 1.07 bits per heavy atom. The quantitative estimate of drug-likeness (QED) is 0.868. The zero-order chi connectivity index (χ0) is 20.4. The third-order valence-corrected chi connectivity index (χ3v) is 6.51. The number of amides is 1. The van der Waals surface area contributed by atoms with Crippen molar-refractivity contribution in [2.75, 3.05) is 26.2 Å². The number of carbonyl (C=O) groups excluding carboxylic acids is 1. The molecule has 2 aromatic rings. The first-order chi connectivity index (χ1) is 14.0. The standard InChI is InChI=1S/C24H31N3O2/c1-18-14-21(28)22(19(2)25-18)23(29)27-13-7-11-24(17-27)10-6-12-26(16-24)15-20-8-4-3-5-9-20/h3-5,8-9,14H,6-7,10-13,15-17H2,1-2H3,(H,25,28)/t24-/m1/s1. The van der Waals surface area contributed by atoms with E-state index in [2.05, 4.69) is 40.2 Å². The van der Waals surface area contributed by atoms with Crippen molar-refractivity contribution >= 4 is 5.91 Å². The monoisotopic (exact) mass is 393 g/mol. The van der Waals surface area contributed by atoms with Crippen molar-refractivity contribution in [3.63, 3.8) is 0 Å². The molecule has 1 atom stereocenters. The molecule has 2 aliphatic heterocycles. The van der Waals surface area contributed by atoms with Crippen LogP contribution in [0.15, 0.2) is 41.2 Å². The second-order valence-corrected chi connectivity index (χ2v) is 8.95. The summed E-state index contributed by atoms with van der Waals surface area (Å²) in [6.07, 6.45) is 4.49. The number of hydrogen-bond donors (Lipinski definition) is 1. The second kappa shape index (κ2) is 8.15. The lowest BCUT2D eigenvalue weighted by Gasteiger charge is -2.48. The van der Waals surface area contributed by atoms with Crippen molar-refractivity contribution in [3.05, 3.63) is 69.1 Å². The molecule has 0 aliphatic carbocycles. The van der Waals surface area contributed by atoms with Gasteiger partial charge >= 0.3 is 0 Å². The predicted octanol–water partition coefficient (Wildman–Crippen LogP) is 3.51. The van der Waals surface area contributed by atoms with E-state index in [1.807, 2.05) is 18.7 Å². The smallest absolute Gasteiger partial charge is 0.259 e. The largest absolute Gasteiger partial charge is 0.362 e. The zero-order valence-corrected chi connectivity index (χ0v) is 17.5. The minimum atomic E-state index is -0.169. The van der Waals surface area contributed by atoms with Gasteiger partial charge in [0.15, 0.2) is 5.43 Å². The second-order valence-electron chi connectivity index (χ2n) is 8.95. The molecule has 2 saturated heterocycles. The summed E-state index contributed by atoms with van der Waals surface area (Å²) in [5.74, 6) is -0.108. The van der Waals surface area contributed by atoms with Crippen molar-refractivity contribution in [2.45, 2.75) is 46.1 Å². The van der Waals surface area contributed by atoms with Crippen molar-refractivity contribution in [2.24, 2.45) is 5.41 Å². The zero-order valence-electron chi connectivity index (χ0n) is 17.5. The van der Waals surface area contributed by atoms with Crippen LogP contribution in [0, 0.1) is 19.3 Å². The fourth-order valence-corrected chi connectivity index (χ4v) is 5.27. The third kappa shape index (κ3) is 4.30. The van der Waals surface area contributed by atoms with E-state index in [9.17, 15) is 9.59 Å². The van der Waals surface area contributed by atoms with E-state index in [-0.39, 0.29) is 16.8 Å². The van der Waals surface area contributed by atoms with Crippen LogP contribution in [0.3, 0.4) is 0 Å². The van der Waals surface area contributed by atoms with Crippen LogP contribution in [0.25, 0.3) is 0 Å². The number of rotatable bonds is 3. The van der Waals surface area contributed by atoms with E-state index >= 15 is 0 Å². The molecule has 0 saturated carbocycles. The molecule has 2 aliphatic rings. The highest BCUT2D eigenvalue weighted by Gasteiger charge is 2.41. The average Bonchev–Trinajstić information content (AvgIpc) is 2.68. The summed E-state index contributed by atoms with van der Waals surface area (Å²) in [4.78, 5) is 33.4. The molecule has 1 amide bonds. The molecule has 5 heteroatoms. The SMILES string of the molecule is Cc1cc(=O)c(C(=O)N2CCC[C@@]3(CCCN(Cc4ccccc4)C3)C2)c(C)[nH]1. The molecule has 4 rings (SSSR count). The van der Waals surface area contributed by atoms with E-state index in [1.54, 1.807) is 0 Å². The first-order valence-corrected chi connectivity index (χ1v) is 10.7. The van der Waals surface area contributed by atoms with Gasteiger partial charge in [0.2, 0.25) is 0 Å². The highest BCUT2D eigenvalue weighted by molar-refractivity contribution is 5.95. The van der Waals surface area contributed by atoms with Crippen LogP contribution in [0.2, 0.25) is 0 Å². The summed E-state index contributed by atoms with van der Waals surface area (Å²) in [6, 6.07) is 12.1. The van der Waals surface area contributed by atoms with Crippen molar-refractivity contribution in [1.29, 1.82) is 0 Å². The van der Waals surface area contributed by atoms with E-state index < -0.39 is 0 Å². The highest BCUT2D eigenvalue weighted by atomic mass is 16.2. The third-order valence-electron chi connectivity index (χ3n) is 6.51. The van der Waals surface area contributed by atoms with Crippen LogP contribution in [0.5, 0.6) is 0 Å². The number of aromatic nitrogens is 1. The van der Waals surface area contributed by atoms with Crippen molar-refractivity contribution < 1.29 is 4.79 Å². The fraction of sp³-hybridized carbons (Fsp3) is 0.500. The molecule has 3 heterocycles. The number of carbonyl (C=O) groups is 1. The lowest BCUT2D eigenvalue weighted by atomic mass is 9.73. The van der Waals surface area contributed by atoms with Gasteiger partial charge in [-0.25, -0.2) is 0 Å². The Balaban J connectivity index is 1.50. The van der Waals surface area contributed by atoms with Gasteiger partial charge in [0.1, 0.15) is 5.56 Å². The summed E-state index contributed by atoms with van der Waals surface area (Å²) in [5, 5.41) is 0. The van der Waals surface area contributed by atoms with Gasteiger partial charge in [-0.15, -0.1) is 0 Å². The maximum atomic E-state index is 13.2. The number of aromatic amines is 1. The Morgan fingerprint density at radius 2 is 1.79 bits per heavy atom. The summed E-state index contributed by atoms with van der Waals surface area (Å²) >= 11 is 0. The molecule has 1 N–H and O–H groups in total. The molecule has 5 nitrogen and oxygen atoms in total. The fourth-order valence-electron chi connectivity index (χ4n) is 5.27. The topological polar surface area (TPSA) is 56.4 Å². The lowest BCUT2D eigenvalue weighted by molar-refractivity contribution is 0.0112. The molecule has 29 heavy (non-hydrogen) atoms. The van der Waals surface area contributed by atoms with E-state index in [4.69, 9.17) is 0 Å². The van der Waals surface area contributed by atoms with Gasteiger partial charge in [0.25, 0.3) is 5.91 Å². The molecule has 1 aromatic carbocycles. The number of nitrogens with zero attached hydrogens (tertiary/aromatic N) is 2. The van der Waals surface area contributed by atoms with E-state index in [0.717, 1.165) is 57.7 Å². The van der Waals surface area contributed by atoms with Crippen LogP contribution in [0.4, 0.5) is 0 Å². The maximum absolute atomic E-state index is 13.2. The molecule has 2 fully saturated rings. The Hall–Kier alpha value is -2.40. The lowest BCUT2D eigenvalue weighted by Crippen LogP contribution is -2.54. The van der Waals surface area contributed by atoms with Gasteiger partial charge in [-0.1, -0.05) is 30.3 Å². The van der Waals surface area contributed by atoms with Gasteiger partial charge in [-0.3, -0.25) is 14.5 Å². The average molecular weight is 394 g/mol. The molecule has 154 valence electrons. The van der Waals surface area contributed by atoms with Crippen LogP contribution < -0.4 is 5.43 Å². The van der Waals surface area contributed by atoms with Gasteiger partial charge in [-0.2, -0.15) is 0 Å². The number of piperidine rings is 2. The van der Waals surface area contributed by atoms with Crippen LogP contribution in [-0.4, -0.2) is 46.9 Å². The molecular formula is C24H31N3O2. The molecule has 0 unspecified atom stereocenters. The Labute approximate surface area is 172 Å². The van der Waals surface area contributed by atoms with Crippen LogP contribution >= 0.6 is 0 Å². The number of H-pyrrole nitrogens is 1. The van der Waals surface area contributed by atoms with Gasteiger partial charge in [-0.05, 0) is 51.6 Å². The molecule has 1 spiro atoms. The molecule has 0 bridgehead atoms. The van der Waals surface area contributed by atoms with Gasteiger partial charge in [0, 0.05) is 49.0 Å². The van der Waals surface area contributed by atoms with Gasteiger partial charge in [0.05, 0.1) is 0 Å². The Morgan fingerprint density at radius 3 is 2.52 bits per heavy atom. The Bertz CT molecular complexity index is 933. The number of benzene rings is 1. The summed E-state index contributed by atoms with van der Waals surface area (Å²) in [5.41, 5.74) is 3.10. The maximum Gasteiger partial charge on any atom is 0.259 e. The van der Waals surface area contributed by atoms with Gasteiger partial charge < -0.3 is 9.88 Å². The molecule has 0 radical (unpaired) electrons. The summed E-state index contributed by atoms with van der Waals surface area (Å²) in [6.45, 7) is 8.27. The van der Waals surface area contributed by atoms with Crippen molar-refractivity contribution in [3.8, 4) is 0 Å². The first-order valence-electron chi connectivity index (χ1n) is 10.7. The van der Waals surface area contributed by atoms with Crippen LogP contribution in [-0.2, 0) is 6.54 Å². The molecule has 1 aromatic heterocycles. The first kappa shape index (κ1) is 19.9. The highest BCUT2D eigenvalue weighted by Crippen LogP contribution is 2.39. The number of nitrogens with one attached hydrogen (secondary N) is 1.